The van der Waals surface area contributed by atoms with Gasteiger partial charge in [-0.3, -0.25) is 4.79 Å². The van der Waals surface area contributed by atoms with E-state index in [1.54, 1.807) is 24.7 Å². The van der Waals surface area contributed by atoms with Gasteiger partial charge in [0.1, 0.15) is 23.3 Å². The molecule has 0 N–H and O–H groups in total. The minimum absolute atomic E-state index is 0.0979. The summed E-state index contributed by atoms with van der Waals surface area (Å²) in [6.07, 6.45) is 3.68. The molecule has 4 heterocycles. The van der Waals surface area contributed by atoms with Crippen molar-refractivity contribution < 1.29 is 18.0 Å². The number of nitrogens with zero attached hydrogens (tertiary/aromatic N) is 4. The molecule has 0 aliphatic carbocycles. The molecule has 32 heavy (non-hydrogen) atoms. The fourth-order valence-electron chi connectivity index (χ4n) is 3.48. The lowest BCUT2D eigenvalue weighted by atomic mass is 10.1. The van der Waals surface area contributed by atoms with E-state index in [4.69, 9.17) is 13.3 Å². The number of carbonyl (C=O) groups excluding carboxylic acids is 1. The van der Waals surface area contributed by atoms with Crippen LogP contribution in [0.5, 0.6) is 0 Å². The highest BCUT2D eigenvalue weighted by atomic mass is 32.2. The fraction of sp³-hybridized carbons (Fsp3) is 0.217. The van der Waals surface area contributed by atoms with Crippen molar-refractivity contribution in [3.8, 4) is 11.5 Å². The van der Waals surface area contributed by atoms with Crippen LogP contribution in [0.2, 0.25) is 0 Å². The Morgan fingerprint density at radius 1 is 1.09 bits per heavy atom. The van der Waals surface area contributed by atoms with Gasteiger partial charge in [0.25, 0.3) is 11.1 Å². The maximum atomic E-state index is 13.0. The second-order valence-corrected chi connectivity index (χ2v) is 8.39. The lowest BCUT2D eigenvalue weighted by Crippen LogP contribution is -2.28. The molecule has 1 aromatic carbocycles. The molecule has 0 fully saturated rings. The van der Waals surface area contributed by atoms with Crippen molar-refractivity contribution in [3.05, 3.63) is 77.6 Å². The second kappa shape index (κ2) is 8.51. The van der Waals surface area contributed by atoms with E-state index in [0.29, 0.717) is 34.8 Å². The maximum Gasteiger partial charge on any atom is 0.277 e. The maximum absolute atomic E-state index is 13.0. The van der Waals surface area contributed by atoms with E-state index in [1.165, 1.54) is 22.3 Å². The molecule has 0 saturated carbocycles. The number of hydrazone groups is 1. The van der Waals surface area contributed by atoms with E-state index in [9.17, 15) is 4.79 Å². The second-order valence-electron chi connectivity index (χ2n) is 7.46. The van der Waals surface area contributed by atoms with Crippen molar-refractivity contribution in [2.45, 2.75) is 31.5 Å². The van der Waals surface area contributed by atoms with Crippen LogP contribution in [0, 0.1) is 13.8 Å². The molecule has 1 atom stereocenters. The lowest BCUT2D eigenvalue weighted by molar-refractivity contribution is -0.130. The first-order valence-corrected chi connectivity index (χ1v) is 11.1. The van der Waals surface area contributed by atoms with Crippen LogP contribution >= 0.6 is 11.8 Å². The van der Waals surface area contributed by atoms with E-state index in [-0.39, 0.29) is 17.7 Å². The van der Waals surface area contributed by atoms with Crippen LogP contribution in [-0.2, 0) is 4.79 Å². The molecule has 5 rings (SSSR count). The van der Waals surface area contributed by atoms with Gasteiger partial charge in [0.15, 0.2) is 0 Å². The molecule has 0 bridgehead atoms. The van der Waals surface area contributed by atoms with Gasteiger partial charge < -0.3 is 13.3 Å². The number of benzene rings is 1. The van der Waals surface area contributed by atoms with E-state index in [2.05, 4.69) is 15.3 Å². The van der Waals surface area contributed by atoms with Gasteiger partial charge in [-0.25, -0.2) is 5.01 Å². The standard InChI is InChI=1S/C23H20N4O4S/c1-14-7-8-16(11-15(14)2)22-24-25-23(31-22)32-13-21(28)27-18(20-6-4-10-30-20)12-17(26-27)19-5-3-9-29-19/h3-11,18H,12-13H2,1-2H3. The SMILES string of the molecule is Cc1ccc(-c2nnc(SCC(=O)N3N=C(c4ccco4)CC3c3ccco3)o2)cc1C. The highest BCUT2D eigenvalue weighted by Gasteiger charge is 2.35. The van der Waals surface area contributed by atoms with Gasteiger partial charge in [0.05, 0.1) is 18.3 Å². The molecule has 1 amide bonds. The molecule has 1 unspecified atom stereocenters. The Kier molecular flexibility index (Phi) is 5.40. The van der Waals surface area contributed by atoms with Gasteiger partial charge in [-0.05, 0) is 61.4 Å². The van der Waals surface area contributed by atoms with Gasteiger partial charge in [-0.2, -0.15) is 5.10 Å². The molecule has 162 valence electrons. The third kappa shape index (κ3) is 3.99. The van der Waals surface area contributed by atoms with Gasteiger partial charge in [-0.1, -0.05) is 17.8 Å². The fourth-order valence-corrected chi connectivity index (χ4v) is 4.10. The summed E-state index contributed by atoms with van der Waals surface area (Å²) in [7, 11) is 0. The number of rotatable bonds is 6. The topological polar surface area (TPSA) is 97.9 Å². The average molecular weight is 449 g/mol. The molecule has 0 saturated heterocycles. The third-order valence-electron chi connectivity index (χ3n) is 5.32. The zero-order chi connectivity index (χ0) is 22.1. The number of carbonyl (C=O) groups is 1. The quantitative estimate of drug-likeness (QED) is 0.382. The summed E-state index contributed by atoms with van der Waals surface area (Å²) in [6, 6.07) is 12.9. The minimum Gasteiger partial charge on any atom is -0.467 e. The summed E-state index contributed by atoms with van der Waals surface area (Å²) < 4.78 is 16.8. The van der Waals surface area contributed by atoms with Gasteiger partial charge >= 0.3 is 0 Å². The number of hydrogen-bond acceptors (Lipinski definition) is 8. The van der Waals surface area contributed by atoms with Crippen LogP contribution in [0.15, 0.2) is 78.6 Å². The predicted octanol–water partition coefficient (Wildman–Crippen LogP) is 5.01. The van der Waals surface area contributed by atoms with E-state index in [0.717, 1.165) is 11.1 Å². The summed E-state index contributed by atoms with van der Waals surface area (Å²) in [5, 5.41) is 14.5. The van der Waals surface area contributed by atoms with Crippen LogP contribution < -0.4 is 0 Å². The van der Waals surface area contributed by atoms with Gasteiger partial charge in [-0.15, -0.1) is 10.2 Å². The molecule has 3 aromatic heterocycles. The normalized spacial score (nSPS) is 15.9. The van der Waals surface area contributed by atoms with Crippen molar-refractivity contribution in [3.63, 3.8) is 0 Å². The molecule has 8 nitrogen and oxygen atoms in total. The highest BCUT2D eigenvalue weighted by Crippen LogP contribution is 2.34. The number of aryl methyl sites for hydroxylation is 2. The van der Waals surface area contributed by atoms with E-state index in [1.807, 2.05) is 44.2 Å². The first-order chi connectivity index (χ1) is 15.6. The summed E-state index contributed by atoms with van der Waals surface area (Å²) in [6.45, 7) is 4.08. The zero-order valence-corrected chi connectivity index (χ0v) is 18.3. The average Bonchev–Trinajstić information content (AvgIpc) is 3.60. The Hall–Kier alpha value is -3.59. The van der Waals surface area contributed by atoms with Crippen molar-refractivity contribution in [1.82, 2.24) is 15.2 Å². The zero-order valence-electron chi connectivity index (χ0n) is 17.5. The molecular formula is C23H20N4O4S. The largest absolute Gasteiger partial charge is 0.467 e. The van der Waals surface area contributed by atoms with Crippen LogP contribution in [0.1, 0.15) is 35.1 Å². The Morgan fingerprint density at radius 3 is 2.69 bits per heavy atom. The van der Waals surface area contributed by atoms with Crippen molar-refractivity contribution >= 4 is 23.4 Å². The summed E-state index contributed by atoms with van der Waals surface area (Å²) in [5.74, 6) is 1.64. The number of aromatic nitrogens is 2. The summed E-state index contributed by atoms with van der Waals surface area (Å²) in [5.41, 5.74) is 3.89. The first-order valence-electron chi connectivity index (χ1n) is 10.1. The smallest absolute Gasteiger partial charge is 0.277 e. The van der Waals surface area contributed by atoms with Crippen molar-refractivity contribution in [1.29, 1.82) is 0 Å². The van der Waals surface area contributed by atoms with Gasteiger partial charge in [0, 0.05) is 12.0 Å². The van der Waals surface area contributed by atoms with Crippen LogP contribution in [-0.4, -0.2) is 32.6 Å². The third-order valence-corrected chi connectivity index (χ3v) is 6.13. The predicted molar refractivity (Wildman–Crippen MR) is 118 cm³/mol. The Bertz CT molecular complexity index is 1260. The van der Waals surface area contributed by atoms with Crippen molar-refractivity contribution in [2.75, 3.05) is 5.75 Å². The van der Waals surface area contributed by atoms with Crippen LogP contribution in [0.25, 0.3) is 11.5 Å². The number of furan rings is 2. The summed E-state index contributed by atoms with van der Waals surface area (Å²) in [4.78, 5) is 13.0. The van der Waals surface area contributed by atoms with E-state index >= 15 is 0 Å². The Balaban J connectivity index is 1.30. The summed E-state index contributed by atoms with van der Waals surface area (Å²) >= 11 is 1.18. The molecule has 0 spiro atoms. The minimum atomic E-state index is -0.327. The molecule has 4 aromatic rings. The number of hydrogen-bond donors (Lipinski definition) is 0. The molecular weight excluding hydrogens is 428 g/mol. The Labute approximate surface area is 188 Å². The highest BCUT2D eigenvalue weighted by molar-refractivity contribution is 7.99. The van der Waals surface area contributed by atoms with Crippen LogP contribution in [0.4, 0.5) is 0 Å². The molecule has 1 aliphatic heterocycles. The molecule has 1 aliphatic rings. The van der Waals surface area contributed by atoms with Crippen molar-refractivity contribution in [2.24, 2.45) is 5.10 Å². The first kappa shape index (κ1) is 20.3. The monoisotopic (exact) mass is 448 g/mol. The number of thioether (sulfide) groups is 1. The number of amides is 1. The molecule has 0 radical (unpaired) electrons. The Morgan fingerprint density at radius 2 is 1.94 bits per heavy atom. The van der Waals surface area contributed by atoms with Gasteiger partial charge in [0.2, 0.25) is 5.89 Å². The molecule has 9 heteroatoms. The van der Waals surface area contributed by atoms with E-state index < -0.39 is 0 Å². The lowest BCUT2D eigenvalue weighted by Gasteiger charge is -2.19. The van der Waals surface area contributed by atoms with Crippen LogP contribution in [0.3, 0.4) is 0 Å².